The summed E-state index contributed by atoms with van der Waals surface area (Å²) in [7, 11) is 1.36. The van der Waals surface area contributed by atoms with E-state index in [1.807, 2.05) is 0 Å². The fourth-order valence-electron chi connectivity index (χ4n) is 3.37. The van der Waals surface area contributed by atoms with Crippen molar-refractivity contribution in [2.24, 2.45) is 0 Å². The first-order valence-electron chi connectivity index (χ1n) is 10.7. The van der Waals surface area contributed by atoms with Crippen molar-refractivity contribution >= 4 is 27.7 Å². The Labute approximate surface area is 200 Å². The van der Waals surface area contributed by atoms with Gasteiger partial charge in [-0.25, -0.2) is 8.70 Å². The van der Waals surface area contributed by atoms with Crippen molar-refractivity contribution in [3.63, 3.8) is 0 Å². The number of hydrogen-bond acceptors (Lipinski definition) is 5. The average Bonchev–Trinajstić information content (AvgIpc) is 2.82. The lowest BCUT2D eigenvalue weighted by molar-refractivity contribution is -0.140. The van der Waals surface area contributed by atoms with Crippen LogP contribution in [0, 0.1) is 5.82 Å². The van der Waals surface area contributed by atoms with Crippen molar-refractivity contribution in [2.75, 3.05) is 39.1 Å². The van der Waals surface area contributed by atoms with E-state index in [2.05, 4.69) is 5.32 Å². The maximum absolute atomic E-state index is 14.6. The van der Waals surface area contributed by atoms with Gasteiger partial charge in [-0.3, -0.25) is 9.59 Å². The summed E-state index contributed by atoms with van der Waals surface area (Å²) >= 11 is 0. The number of rotatable bonds is 11. The van der Waals surface area contributed by atoms with Gasteiger partial charge in [0.25, 0.3) is 0 Å². The molecule has 2 aromatic rings. The molecule has 1 atom stereocenters. The Morgan fingerprint density at radius 1 is 1.09 bits per heavy atom. The number of halogens is 1. The molecule has 1 N–H and O–H groups in total. The van der Waals surface area contributed by atoms with E-state index < -0.39 is 40.4 Å². The van der Waals surface area contributed by atoms with Gasteiger partial charge in [-0.2, -0.15) is 12.7 Å². The SMILES string of the molecule is CCC(C(=O)NC)N(Cc1ccc(OC)cc1)C(=O)CN(c1ccccc1F)S(=O)(=O)N(C)C. The van der Waals surface area contributed by atoms with E-state index in [9.17, 15) is 22.4 Å². The Morgan fingerprint density at radius 3 is 2.21 bits per heavy atom. The normalized spacial score (nSPS) is 12.2. The Hall–Kier alpha value is -3.18. The molecule has 0 aromatic heterocycles. The number of ether oxygens (including phenoxy) is 1. The van der Waals surface area contributed by atoms with Gasteiger partial charge in [-0.1, -0.05) is 31.2 Å². The Morgan fingerprint density at radius 2 is 1.71 bits per heavy atom. The predicted molar refractivity (Wildman–Crippen MR) is 128 cm³/mol. The molecule has 2 amide bonds. The minimum Gasteiger partial charge on any atom is -0.497 e. The van der Waals surface area contributed by atoms with Gasteiger partial charge >= 0.3 is 10.2 Å². The van der Waals surface area contributed by atoms with E-state index >= 15 is 0 Å². The van der Waals surface area contributed by atoms with Gasteiger partial charge in [-0.05, 0) is 36.2 Å². The second-order valence-electron chi connectivity index (χ2n) is 7.66. The zero-order chi connectivity index (χ0) is 25.5. The second-order valence-corrected chi connectivity index (χ2v) is 9.72. The molecule has 0 saturated heterocycles. The van der Waals surface area contributed by atoms with Crippen molar-refractivity contribution < 1.29 is 27.1 Å². The number of hydrogen-bond donors (Lipinski definition) is 1. The third kappa shape index (κ3) is 6.23. The number of nitrogens with zero attached hydrogens (tertiary/aromatic N) is 3. The largest absolute Gasteiger partial charge is 0.497 e. The highest BCUT2D eigenvalue weighted by Crippen LogP contribution is 2.24. The van der Waals surface area contributed by atoms with Crippen molar-refractivity contribution in [3.8, 4) is 5.75 Å². The first kappa shape index (κ1) is 27.1. The van der Waals surface area contributed by atoms with Crippen LogP contribution in [0.15, 0.2) is 48.5 Å². The average molecular weight is 495 g/mol. The van der Waals surface area contributed by atoms with Crippen LogP contribution in [0.25, 0.3) is 0 Å². The monoisotopic (exact) mass is 494 g/mol. The molecule has 186 valence electrons. The van der Waals surface area contributed by atoms with Crippen molar-refractivity contribution in [3.05, 3.63) is 59.9 Å². The third-order valence-corrected chi connectivity index (χ3v) is 7.09. The first-order valence-corrected chi connectivity index (χ1v) is 12.0. The van der Waals surface area contributed by atoms with Crippen LogP contribution < -0.4 is 14.4 Å². The molecule has 9 nitrogen and oxygen atoms in total. The molecule has 2 rings (SSSR count). The van der Waals surface area contributed by atoms with Crippen LogP contribution in [-0.2, 0) is 26.3 Å². The fraction of sp³-hybridized carbons (Fsp3) is 0.391. The van der Waals surface area contributed by atoms with Crippen molar-refractivity contribution in [1.82, 2.24) is 14.5 Å². The summed E-state index contributed by atoms with van der Waals surface area (Å²) in [5.74, 6) is -1.21. The molecule has 0 heterocycles. The summed E-state index contributed by atoms with van der Waals surface area (Å²) in [6.45, 7) is 1.10. The molecule has 0 bridgehead atoms. The van der Waals surface area contributed by atoms with E-state index in [0.717, 1.165) is 10.4 Å². The fourth-order valence-corrected chi connectivity index (χ4v) is 4.43. The highest BCUT2D eigenvalue weighted by Gasteiger charge is 2.34. The lowest BCUT2D eigenvalue weighted by Gasteiger charge is -2.33. The minimum absolute atomic E-state index is 0.0435. The number of para-hydroxylation sites is 1. The Kier molecular flexibility index (Phi) is 9.39. The zero-order valence-corrected chi connectivity index (χ0v) is 20.8. The second kappa shape index (κ2) is 11.8. The number of likely N-dealkylation sites (N-methyl/N-ethyl adjacent to an activating group) is 1. The van der Waals surface area contributed by atoms with Gasteiger partial charge in [0.2, 0.25) is 11.8 Å². The number of carbonyl (C=O) groups is 2. The summed E-state index contributed by atoms with van der Waals surface area (Å²) in [6.07, 6.45) is 0.293. The van der Waals surface area contributed by atoms with Crippen molar-refractivity contribution in [1.29, 1.82) is 0 Å². The van der Waals surface area contributed by atoms with Crippen LogP contribution in [0.2, 0.25) is 0 Å². The molecule has 1 unspecified atom stereocenters. The lowest BCUT2D eigenvalue weighted by Crippen LogP contribution is -2.53. The molecule has 0 aliphatic rings. The van der Waals surface area contributed by atoms with Gasteiger partial charge in [0.05, 0.1) is 12.8 Å². The first-order chi connectivity index (χ1) is 16.1. The third-order valence-electron chi connectivity index (χ3n) is 5.28. The zero-order valence-electron chi connectivity index (χ0n) is 20.0. The smallest absolute Gasteiger partial charge is 0.304 e. The van der Waals surface area contributed by atoms with Crippen LogP contribution in [0.4, 0.5) is 10.1 Å². The number of methoxy groups -OCH3 is 1. The lowest BCUT2D eigenvalue weighted by atomic mass is 10.1. The van der Waals surface area contributed by atoms with Gasteiger partial charge in [0.15, 0.2) is 0 Å². The maximum Gasteiger partial charge on any atom is 0.304 e. The minimum atomic E-state index is -4.22. The van der Waals surface area contributed by atoms with Crippen LogP contribution >= 0.6 is 0 Å². The van der Waals surface area contributed by atoms with Gasteiger partial charge in [-0.15, -0.1) is 0 Å². The summed E-state index contributed by atoms with van der Waals surface area (Å²) in [5, 5.41) is 2.55. The van der Waals surface area contributed by atoms with E-state index in [-0.39, 0.29) is 12.2 Å². The molecule has 0 spiro atoms. The molecular formula is C23H31FN4O5S. The quantitative estimate of drug-likeness (QED) is 0.515. The molecule has 0 fully saturated rings. The molecule has 0 aliphatic carbocycles. The number of nitrogens with one attached hydrogen (secondary N) is 1. The summed E-state index contributed by atoms with van der Waals surface area (Å²) in [5.41, 5.74) is 0.450. The van der Waals surface area contributed by atoms with E-state index in [1.165, 1.54) is 51.4 Å². The highest BCUT2D eigenvalue weighted by molar-refractivity contribution is 7.90. The molecule has 34 heavy (non-hydrogen) atoms. The van der Waals surface area contributed by atoms with E-state index in [4.69, 9.17) is 4.74 Å². The molecule has 2 aromatic carbocycles. The summed E-state index contributed by atoms with van der Waals surface area (Å²) < 4.78 is 47.4. The van der Waals surface area contributed by atoms with E-state index in [1.54, 1.807) is 31.2 Å². The Balaban J connectivity index is 2.49. The Bertz CT molecular complexity index is 1090. The summed E-state index contributed by atoms with van der Waals surface area (Å²) in [6, 6.07) is 11.4. The topological polar surface area (TPSA) is 99.3 Å². The molecule has 0 aliphatic heterocycles. The molecular weight excluding hydrogens is 463 g/mol. The number of anilines is 1. The predicted octanol–water partition coefficient (Wildman–Crippen LogP) is 2.00. The van der Waals surface area contributed by atoms with Crippen LogP contribution in [0.1, 0.15) is 18.9 Å². The molecule has 0 radical (unpaired) electrons. The van der Waals surface area contributed by atoms with Gasteiger partial charge in [0, 0.05) is 27.7 Å². The van der Waals surface area contributed by atoms with Crippen LogP contribution in [-0.4, -0.2) is 70.3 Å². The number of carbonyl (C=O) groups excluding carboxylic acids is 2. The number of amides is 2. The van der Waals surface area contributed by atoms with Crippen LogP contribution in [0.3, 0.4) is 0 Å². The highest BCUT2D eigenvalue weighted by atomic mass is 32.2. The maximum atomic E-state index is 14.6. The molecule has 0 saturated carbocycles. The van der Waals surface area contributed by atoms with E-state index in [0.29, 0.717) is 22.0 Å². The van der Waals surface area contributed by atoms with Gasteiger partial charge in [0.1, 0.15) is 24.2 Å². The summed E-state index contributed by atoms with van der Waals surface area (Å²) in [4.78, 5) is 27.4. The van der Waals surface area contributed by atoms with Gasteiger partial charge < -0.3 is 15.0 Å². The number of benzene rings is 2. The van der Waals surface area contributed by atoms with Crippen LogP contribution in [0.5, 0.6) is 5.75 Å². The molecule has 11 heteroatoms. The van der Waals surface area contributed by atoms with Crippen molar-refractivity contribution in [2.45, 2.75) is 25.9 Å². The standard InChI is InChI=1S/C23H31FN4O5S/c1-6-20(23(30)25-2)27(15-17-11-13-18(33-5)14-12-17)22(29)16-28(34(31,32)26(3)4)21-10-8-7-9-19(21)24/h7-14,20H,6,15-16H2,1-5H3,(H,25,30).